The molecule has 4 aromatic rings. The van der Waals surface area contributed by atoms with Crippen molar-refractivity contribution >= 4 is 17.2 Å². The molecule has 0 aliphatic heterocycles. The van der Waals surface area contributed by atoms with Crippen molar-refractivity contribution in [3.05, 3.63) is 77.5 Å². The Morgan fingerprint density at radius 3 is 2.75 bits per heavy atom. The van der Waals surface area contributed by atoms with E-state index in [9.17, 15) is 4.79 Å². The highest BCUT2D eigenvalue weighted by Gasteiger charge is 2.23. The molecular formula is C20H18N4O3S. The second-order valence-corrected chi connectivity index (χ2v) is 6.95. The highest BCUT2D eigenvalue weighted by Crippen LogP contribution is 2.26. The third-order valence-electron chi connectivity index (χ3n) is 4.31. The highest BCUT2D eigenvalue weighted by molar-refractivity contribution is 7.13. The summed E-state index contributed by atoms with van der Waals surface area (Å²) in [6.45, 7) is 0. The lowest BCUT2D eigenvalue weighted by atomic mass is 10.1. The number of hydrogen-bond donors (Lipinski definition) is 1. The van der Waals surface area contributed by atoms with Crippen molar-refractivity contribution in [1.82, 2.24) is 19.9 Å². The van der Waals surface area contributed by atoms with Crippen LogP contribution in [0.4, 0.5) is 0 Å². The Morgan fingerprint density at radius 2 is 2.11 bits per heavy atom. The molecule has 1 aromatic carbocycles. The number of hydrogen-bond acceptors (Lipinski definition) is 6. The summed E-state index contributed by atoms with van der Waals surface area (Å²) in [6, 6.07) is 10.7. The van der Waals surface area contributed by atoms with Gasteiger partial charge < -0.3 is 19.0 Å². The number of carbonyl (C=O) groups excluding carboxylic acids is 1. The average Bonchev–Trinajstić information content (AvgIpc) is 3.47. The summed E-state index contributed by atoms with van der Waals surface area (Å²) in [5, 5.41) is 5.42. The molecule has 0 bridgehead atoms. The molecule has 4 rings (SSSR count). The quantitative estimate of drug-likeness (QED) is 0.540. The van der Waals surface area contributed by atoms with Crippen LogP contribution in [0, 0.1) is 0 Å². The molecule has 1 atom stereocenters. The summed E-state index contributed by atoms with van der Waals surface area (Å²) in [7, 11) is 3.51. The van der Waals surface area contributed by atoms with Crippen molar-refractivity contribution in [2.75, 3.05) is 7.11 Å². The Hall–Kier alpha value is -3.39. The maximum Gasteiger partial charge on any atom is 0.271 e. The average molecular weight is 394 g/mol. The minimum Gasteiger partial charge on any atom is -0.497 e. The van der Waals surface area contributed by atoms with Gasteiger partial charge in [0.05, 0.1) is 13.4 Å². The smallest absolute Gasteiger partial charge is 0.271 e. The summed E-state index contributed by atoms with van der Waals surface area (Å²) in [4.78, 5) is 21.7. The van der Waals surface area contributed by atoms with E-state index in [-0.39, 0.29) is 5.91 Å². The van der Waals surface area contributed by atoms with Crippen molar-refractivity contribution in [3.8, 4) is 16.5 Å². The minimum absolute atomic E-state index is 0.280. The molecule has 0 radical (unpaired) electrons. The molecule has 3 aromatic heterocycles. The van der Waals surface area contributed by atoms with Gasteiger partial charge in [-0.3, -0.25) is 4.79 Å². The number of rotatable bonds is 6. The third-order valence-corrected chi connectivity index (χ3v) is 5.17. The lowest BCUT2D eigenvalue weighted by Gasteiger charge is -2.19. The maximum absolute atomic E-state index is 12.9. The lowest BCUT2D eigenvalue weighted by molar-refractivity contribution is 0.0937. The van der Waals surface area contributed by atoms with E-state index in [4.69, 9.17) is 9.15 Å². The van der Waals surface area contributed by atoms with E-state index in [1.165, 1.54) is 11.3 Å². The molecule has 0 spiro atoms. The zero-order valence-electron chi connectivity index (χ0n) is 15.3. The molecule has 0 saturated carbocycles. The van der Waals surface area contributed by atoms with Gasteiger partial charge in [0.2, 0.25) is 0 Å². The van der Waals surface area contributed by atoms with Crippen LogP contribution in [0.2, 0.25) is 0 Å². The van der Waals surface area contributed by atoms with E-state index < -0.39 is 6.04 Å². The molecular weight excluding hydrogens is 376 g/mol. The Bertz CT molecular complexity index is 1070. The van der Waals surface area contributed by atoms with Crippen LogP contribution in [0.5, 0.6) is 5.75 Å². The number of imidazole rings is 1. The van der Waals surface area contributed by atoms with Gasteiger partial charge in [-0.2, -0.15) is 0 Å². The first-order chi connectivity index (χ1) is 13.7. The first kappa shape index (κ1) is 18.0. The zero-order chi connectivity index (χ0) is 19.5. The van der Waals surface area contributed by atoms with Gasteiger partial charge in [-0.1, -0.05) is 12.1 Å². The monoisotopic (exact) mass is 394 g/mol. The first-order valence-corrected chi connectivity index (χ1v) is 9.45. The van der Waals surface area contributed by atoms with Crippen LogP contribution in [0.3, 0.4) is 0 Å². The fourth-order valence-corrected chi connectivity index (χ4v) is 3.61. The minimum atomic E-state index is -0.424. The van der Waals surface area contributed by atoms with Crippen LogP contribution in [0.1, 0.15) is 27.9 Å². The van der Waals surface area contributed by atoms with Gasteiger partial charge in [-0.15, -0.1) is 11.3 Å². The normalized spacial score (nSPS) is 11.9. The van der Waals surface area contributed by atoms with Gasteiger partial charge in [0.25, 0.3) is 5.91 Å². The predicted molar refractivity (Wildman–Crippen MR) is 105 cm³/mol. The van der Waals surface area contributed by atoms with Crippen LogP contribution in [0.25, 0.3) is 10.8 Å². The number of aromatic nitrogens is 3. The van der Waals surface area contributed by atoms with Gasteiger partial charge >= 0.3 is 0 Å². The summed E-state index contributed by atoms with van der Waals surface area (Å²) >= 11 is 1.36. The van der Waals surface area contributed by atoms with Gasteiger partial charge in [-0.05, 0) is 29.8 Å². The fraction of sp³-hybridized carbons (Fsp3) is 0.150. The number of thiazole rings is 1. The standard InChI is InChI=1S/C20H18N4O3S/c1-24-10-9-21-18(24)17(13-5-7-14(26-2)8-6-13)23-19(25)15-12-28-20(22-15)16-4-3-11-27-16/h3-12,17H,1-2H3,(H,23,25)/t17-/m0/s1. The zero-order valence-corrected chi connectivity index (χ0v) is 16.1. The Morgan fingerprint density at radius 1 is 1.29 bits per heavy atom. The number of ether oxygens (including phenoxy) is 1. The molecule has 3 heterocycles. The molecule has 28 heavy (non-hydrogen) atoms. The van der Waals surface area contributed by atoms with Gasteiger partial charge in [0.15, 0.2) is 10.8 Å². The topological polar surface area (TPSA) is 82.2 Å². The van der Waals surface area contributed by atoms with Gasteiger partial charge in [0, 0.05) is 24.8 Å². The molecule has 142 valence electrons. The van der Waals surface area contributed by atoms with Crippen molar-refractivity contribution in [2.45, 2.75) is 6.04 Å². The second-order valence-electron chi connectivity index (χ2n) is 6.09. The lowest BCUT2D eigenvalue weighted by Crippen LogP contribution is -2.31. The van der Waals surface area contributed by atoms with E-state index in [2.05, 4.69) is 15.3 Å². The SMILES string of the molecule is COc1ccc([C@H](NC(=O)c2csc(-c3ccco3)n2)c2nccn2C)cc1. The fourth-order valence-electron chi connectivity index (χ4n) is 2.85. The predicted octanol–water partition coefficient (Wildman–Crippen LogP) is 3.66. The molecule has 8 heteroatoms. The van der Waals surface area contributed by atoms with Crippen molar-refractivity contribution in [1.29, 1.82) is 0 Å². The summed E-state index contributed by atoms with van der Waals surface area (Å²) in [5.41, 5.74) is 1.23. The molecule has 0 fully saturated rings. The van der Waals surface area contributed by atoms with E-state index >= 15 is 0 Å². The molecule has 0 saturated heterocycles. The molecule has 0 aliphatic rings. The molecule has 1 amide bonds. The molecule has 0 unspecified atom stereocenters. The van der Waals surface area contributed by atoms with Crippen molar-refractivity contribution in [3.63, 3.8) is 0 Å². The number of nitrogens with zero attached hydrogens (tertiary/aromatic N) is 3. The number of amides is 1. The summed E-state index contributed by atoms with van der Waals surface area (Å²) in [6.07, 6.45) is 5.13. The number of nitrogens with one attached hydrogen (secondary N) is 1. The first-order valence-electron chi connectivity index (χ1n) is 8.57. The third kappa shape index (κ3) is 3.54. The Balaban J connectivity index is 1.62. The molecule has 7 nitrogen and oxygen atoms in total. The van der Waals surface area contributed by atoms with E-state index in [0.29, 0.717) is 16.5 Å². The van der Waals surface area contributed by atoms with Crippen LogP contribution in [0.15, 0.2) is 64.9 Å². The largest absolute Gasteiger partial charge is 0.497 e. The highest BCUT2D eigenvalue weighted by atomic mass is 32.1. The van der Waals surface area contributed by atoms with E-state index in [1.54, 1.807) is 31.0 Å². The Kier molecular flexibility index (Phi) is 4.94. The van der Waals surface area contributed by atoms with Crippen LogP contribution < -0.4 is 10.1 Å². The molecule has 0 aliphatic carbocycles. The Labute approximate surface area is 165 Å². The number of benzene rings is 1. The van der Waals surface area contributed by atoms with Crippen LogP contribution >= 0.6 is 11.3 Å². The van der Waals surface area contributed by atoms with Crippen molar-refractivity contribution in [2.24, 2.45) is 7.05 Å². The maximum atomic E-state index is 12.9. The number of carbonyl (C=O) groups is 1. The summed E-state index contributed by atoms with van der Waals surface area (Å²) < 4.78 is 12.5. The van der Waals surface area contributed by atoms with Crippen molar-refractivity contribution < 1.29 is 13.9 Å². The second kappa shape index (κ2) is 7.69. The number of methoxy groups -OCH3 is 1. The van der Waals surface area contributed by atoms with Crippen LogP contribution in [-0.4, -0.2) is 27.6 Å². The van der Waals surface area contributed by atoms with Crippen LogP contribution in [-0.2, 0) is 7.05 Å². The number of aryl methyl sites for hydroxylation is 1. The van der Waals surface area contributed by atoms with E-state index in [1.807, 2.05) is 48.1 Å². The van der Waals surface area contributed by atoms with E-state index in [0.717, 1.165) is 17.1 Å². The van der Waals surface area contributed by atoms with Gasteiger partial charge in [-0.25, -0.2) is 9.97 Å². The molecule has 1 N–H and O–H groups in total. The number of furan rings is 1. The summed E-state index contributed by atoms with van der Waals surface area (Å²) in [5.74, 6) is 1.83. The van der Waals surface area contributed by atoms with Gasteiger partial charge in [0.1, 0.15) is 23.3 Å².